The molecule has 0 unspecified atom stereocenters. The first-order valence-corrected chi connectivity index (χ1v) is 7.10. The summed E-state index contributed by atoms with van der Waals surface area (Å²) in [5.41, 5.74) is 12.7. The van der Waals surface area contributed by atoms with Crippen LogP contribution in [0, 0.1) is 6.57 Å². The molecule has 4 N–H and O–H groups in total. The van der Waals surface area contributed by atoms with Gasteiger partial charge in [0.2, 0.25) is 0 Å². The third kappa shape index (κ3) is 2.78. The summed E-state index contributed by atoms with van der Waals surface area (Å²) in [6.45, 7) is 7.33. The number of benzene rings is 2. The van der Waals surface area contributed by atoms with Crippen LogP contribution in [0.15, 0.2) is 59.7 Å². The van der Waals surface area contributed by atoms with Crippen LogP contribution in [0.25, 0.3) is 26.9 Å². The first kappa shape index (κ1) is 15.2. The number of nitrogens with two attached hydrogens (primary N) is 2. The fraction of sp³-hybridized carbons (Fsp3) is 0. The molecule has 1 aromatic heterocycles. The minimum Gasteiger partial charge on any atom is -0.370 e. The number of pyridine rings is 1. The van der Waals surface area contributed by atoms with Crippen molar-refractivity contribution >= 4 is 28.3 Å². The molecule has 0 atom stereocenters. The van der Waals surface area contributed by atoms with Crippen molar-refractivity contribution in [2.75, 3.05) is 0 Å². The van der Waals surface area contributed by atoms with Gasteiger partial charge in [0.15, 0.2) is 11.6 Å². The molecular weight excluding hydrogens is 302 g/mol. The Balaban J connectivity index is 2.25. The molecule has 0 fully saturated rings. The number of aromatic nitrogens is 1. The lowest BCUT2D eigenvalue weighted by Crippen LogP contribution is -2.24. The van der Waals surface area contributed by atoms with Crippen LogP contribution < -0.4 is 11.5 Å². The molecule has 0 bridgehead atoms. The maximum Gasteiger partial charge on any atom is 0.280 e. The highest BCUT2D eigenvalue weighted by molar-refractivity contribution is 6.06. The molecule has 0 saturated carbocycles. The fourth-order valence-electron chi connectivity index (χ4n) is 2.47. The van der Waals surface area contributed by atoms with Crippen LogP contribution in [0.2, 0.25) is 0 Å². The van der Waals surface area contributed by atoms with Gasteiger partial charge in [0.1, 0.15) is 0 Å². The van der Waals surface area contributed by atoms with Crippen LogP contribution >= 0.6 is 0 Å². The molecule has 0 aliphatic rings. The summed E-state index contributed by atoms with van der Waals surface area (Å²) >= 11 is 0. The monoisotopic (exact) mass is 315 g/mol. The summed E-state index contributed by atoms with van der Waals surface area (Å²) in [7, 11) is 0. The van der Waals surface area contributed by atoms with E-state index in [9.17, 15) is 4.79 Å². The number of hydrogen-bond acceptors (Lipinski definition) is 2. The number of para-hydroxylation sites is 1. The smallest absolute Gasteiger partial charge is 0.280 e. The van der Waals surface area contributed by atoms with Crippen molar-refractivity contribution in [2.24, 2.45) is 16.5 Å². The van der Waals surface area contributed by atoms with E-state index >= 15 is 0 Å². The molecule has 0 radical (unpaired) electrons. The van der Waals surface area contributed by atoms with E-state index in [1.165, 1.54) is 0 Å². The van der Waals surface area contributed by atoms with Crippen LogP contribution in [0.1, 0.15) is 10.4 Å². The highest BCUT2D eigenvalue weighted by Gasteiger charge is 2.12. The van der Waals surface area contributed by atoms with Crippen LogP contribution in [-0.4, -0.2) is 16.9 Å². The van der Waals surface area contributed by atoms with Crippen molar-refractivity contribution in [1.29, 1.82) is 0 Å². The van der Waals surface area contributed by atoms with Gasteiger partial charge >= 0.3 is 0 Å². The molecule has 2 aromatic carbocycles. The maximum atomic E-state index is 12.1. The summed E-state index contributed by atoms with van der Waals surface area (Å²) < 4.78 is 0. The zero-order valence-corrected chi connectivity index (χ0v) is 12.6. The summed E-state index contributed by atoms with van der Waals surface area (Å²) in [6.07, 6.45) is 1.68. The van der Waals surface area contributed by atoms with Crippen molar-refractivity contribution in [3.05, 3.63) is 71.7 Å². The van der Waals surface area contributed by atoms with E-state index in [0.29, 0.717) is 22.5 Å². The van der Waals surface area contributed by atoms with Gasteiger partial charge in [0.25, 0.3) is 5.91 Å². The fourth-order valence-corrected chi connectivity index (χ4v) is 2.47. The Morgan fingerprint density at radius 2 is 1.92 bits per heavy atom. The second-order valence-electron chi connectivity index (χ2n) is 5.07. The van der Waals surface area contributed by atoms with E-state index in [0.717, 1.165) is 10.8 Å². The Bertz CT molecular complexity index is 1010. The molecule has 6 nitrogen and oxygen atoms in total. The zero-order chi connectivity index (χ0) is 17.1. The Morgan fingerprint density at radius 1 is 1.12 bits per heavy atom. The highest BCUT2D eigenvalue weighted by Crippen LogP contribution is 2.33. The number of guanidine groups is 1. The van der Waals surface area contributed by atoms with Crippen LogP contribution in [0.4, 0.5) is 5.69 Å². The Hall–Kier alpha value is -3.72. The Kier molecular flexibility index (Phi) is 3.91. The molecule has 0 aliphatic heterocycles. The number of carbonyl (C=O) groups is 1. The normalized spacial score (nSPS) is 10.1. The topological polar surface area (TPSA) is 98.7 Å². The summed E-state index contributed by atoms with van der Waals surface area (Å²) in [5, 5.41) is 1.66. The van der Waals surface area contributed by atoms with Crippen molar-refractivity contribution in [3.8, 4) is 11.3 Å². The van der Waals surface area contributed by atoms with Gasteiger partial charge in [-0.2, -0.15) is 4.99 Å². The van der Waals surface area contributed by atoms with Crippen LogP contribution in [-0.2, 0) is 0 Å². The number of aliphatic imine (C=N–C) groups is 1. The standard InChI is InChI=1S/C18H13N5O/c1-21-15-5-3-2-4-13(15)16-14-10-12(17(24)23-18(19)20)7-6-11(14)8-9-22-16/h2-10H,(H4,19,20,23,24). The quantitative estimate of drug-likeness (QED) is 0.431. The predicted molar refractivity (Wildman–Crippen MR) is 93.6 cm³/mol. The molecule has 1 amide bonds. The summed E-state index contributed by atoms with van der Waals surface area (Å²) in [5.74, 6) is -0.810. The number of hydrogen-bond donors (Lipinski definition) is 2. The molecule has 3 aromatic rings. The molecule has 1 heterocycles. The van der Waals surface area contributed by atoms with Gasteiger partial charge in [-0.05, 0) is 23.6 Å². The molecule has 116 valence electrons. The van der Waals surface area contributed by atoms with Gasteiger partial charge in [0, 0.05) is 22.7 Å². The number of nitrogens with zero attached hydrogens (tertiary/aromatic N) is 3. The maximum absolute atomic E-state index is 12.1. The molecule has 0 aliphatic carbocycles. The lowest BCUT2D eigenvalue weighted by Gasteiger charge is -2.08. The second kappa shape index (κ2) is 6.18. The first-order chi connectivity index (χ1) is 11.6. The van der Waals surface area contributed by atoms with Crippen molar-refractivity contribution in [2.45, 2.75) is 0 Å². The van der Waals surface area contributed by atoms with Crippen molar-refractivity contribution < 1.29 is 4.79 Å². The van der Waals surface area contributed by atoms with E-state index in [1.807, 2.05) is 18.2 Å². The summed E-state index contributed by atoms with van der Waals surface area (Å²) in [6, 6.07) is 14.2. The van der Waals surface area contributed by atoms with E-state index < -0.39 is 5.91 Å². The van der Waals surface area contributed by atoms with Crippen LogP contribution in [0.5, 0.6) is 0 Å². The lowest BCUT2D eigenvalue weighted by molar-refractivity contribution is 0.100. The molecular formula is C18H13N5O. The van der Waals surface area contributed by atoms with Crippen molar-refractivity contribution in [1.82, 2.24) is 4.98 Å². The zero-order valence-electron chi connectivity index (χ0n) is 12.6. The molecule has 6 heteroatoms. The number of carbonyl (C=O) groups excluding carboxylic acids is 1. The largest absolute Gasteiger partial charge is 0.370 e. The number of fused-ring (bicyclic) bond motifs is 1. The summed E-state index contributed by atoms with van der Waals surface area (Å²) in [4.78, 5) is 23.6. The Labute approximate surface area is 138 Å². The van der Waals surface area contributed by atoms with Gasteiger partial charge in [-0.1, -0.05) is 30.3 Å². The predicted octanol–water partition coefficient (Wildman–Crippen LogP) is 2.87. The minimum absolute atomic E-state index is 0.287. The molecule has 0 saturated heterocycles. The SMILES string of the molecule is [C-]#[N+]c1ccccc1-c1nccc2ccc(C(=O)N=C(N)N)cc12. The third-order valence-corrected chi connectivity index (χ3v) is 3.52. The Morgan fingerprint density at radius 3 is 2.67 bits per heavy atom. The molecule has 24 heavy (non-hydrogen) atoms. The average molecular weight is 315 g/mol. The van der Waals surface area contributed by atoms with Crippen LogP contribution in [0.3, 0.4) is 0 Å². The minimum atomic E-state index is -0.523. The van der Waals surface area contributed by atoms with E-state index in [4.69, 9.17) is 18.0 Å². The molecule has 3 rings (SSSR count). The van der Waals surface area contributed by atoms with E-state index in [-0.39, 0.29) is 5.96 Å². The third-order valence-electron chi connectivity index (χ3n) is 3.52. The van der Waals surface area contributed by atoms with E-state index in [2.05, 4.69) is 14.8 Å². The van der Waals surface area contributed by atoms with Gasteiger partial charge in [-0.15, -0.1) is 0 Å². The lowest BCUT2D eigenvalue weighted by atomic mass is 10.0. The highest BCUT2D eigenvalue weighted by atomic mass is 16.1. The second-order valence-corrected chi connectivity index (χ2v) is 5.07. The van der Waals surface area contributed by atoms with Gasteiger partial charge in [-0.25, -0.2) is 4.85 Å². The average Bonchev–Trinajstić information content (AvgIpc) is 2.60. The number of amides is 1. The number of rotatable bonds is 2. The molecule has 0 spiro atoms. The van der Waals surface area contributed by atoms with Gasteiger partial charge < -0.3 is 11.5 Å². The van der Waals surface area contributed by atoms with Gasteiger partial charge in [0.05, 0.1) is 12.3 Å². The van der Waals surface area contributed by atoms with Gasteiger partial charge in [-0.3, -0.25) is 9.78 Å². The van der Waals surface area contributed by atoms with Crippen molar-refractivity contribution in [3.63, 3.8) is 0 Å². The van der Waals surface area contributed by atoms with E-state index in [1.54, 1.807) is 36.5 Å². The first-order valence-electron chi connectivity index (χ1n) is 7.10.